The fraction of sp³-hybridized carbons (Fsp3) is 0.476. The van der Waals surface area contributed by atoms with Gasteiger partial charge in [0, 0.05) is 29.8 Å². The predicted octanol–water partition coefficient (Wildman–Crippen LogP) is -3.30. The number of benzene rings is 4. The van der Waals surface area contributed by atoms with Crippen LogP contribution in [0.1, 0.15) is 25.0 Å². The van der Waals surface area contributed by atoms with Crippen molar-refractivity contribution in [3.05, 3.63) is 118 Å². The lowest BCUT2D eigenvalue weighted by molar-refractivity contribution is -0.384. The molecule has 5 aliphatic heterocycles. The van der Waals surface area contributed by atoms with Gasteiger partial charge in [0.25, 0.3) is 0 Å². The largest absolute Gasteiger partial charge is 0.508 e. The summed E-state index contributed by atoms with van der Waals surface area (Å²) < 4.78 is 75.9. The molecule has 522 valence electrons. The summed E-state index contributed by atoms with van der Waals surface area (Å²) in [5.41, 5.74) is -0.720. The van der Waals surface area contributed by atoms with Crippen LogP contribution in [-0.4, -0.2) is 272 Å². The monoisotopic (exact) mass is 1360 g/mol. The van der Waals surface area contributed by atoms with Crippen molar-refractivity contribution in [3.63, 3.8) is 0 Å². The van der Waals surface area contributed by atoms with E-state index in [4.69, 9.17) is 61.3 Å². The number of fused-ring (bicyclic) bond motifs is 1. The van der Waals surface area contributed by atoms with Crippen molar-refractivity contribution in [1.82, 2.24) is 0 Å². The topological polar surface area (TPSA) is 519 Å². The highest BCUT2D eigenvalue weighted by atomic mass is 16.8. The average Bonchev–Trinajstić information content (AvgIpc) is 0.760. The third-order valence-electron chi connectivity index (χ3n) is 16.5. The molecule has 96 heavy (non-hydrogen) atoms. The van der Waals surface area contributed by atoms with Crippen molar-refractivity contribution < 1.29 is 158 Å². The molecule has 1 aromatic heterocycles. The van der Waals surface area contributed by atoms with Crippen LogP contribution < -0.4 is 14.9 Å². The number of aromatic hydroxyl groups is 4. The number of carbonyl (C=O) groups is 2. The smallest absolute Gasteiger partial charge is 0.330 e. The Bertz CT molecular complexity index is 3570. The number of rotatable bonds is 20. The van der Waals surface area contributed by atoms with E-state index in [1.165, 1.54) is 98.8 Å². The van der Waals surface area contributed by atoms with Crippen molar-refractivity contribution >= 4 is 35.1 Å². The maximum atomic E-state index is 14.8. The van der Waals surface area contributed by atoms with Gasteiger partial charge in [-0.3, -0.25) is 4.79 Å². The van der Waals surface area contributed by atoms with Gasteiger partial charge in [0.15, 0.2) is 24.6 Å². The Morgan fingerprint density at radius 3 is 1.41 bits per heavy atom. The molecule has 25 atom stereocenters. The quantitative estimate of drug-likeness (QED) is 0.0268. The molecule has 4 aromatic carbocycles. The molecule has 6 heterocycles. The van der Waals surface area contributed by atoms with Crippen LogP contribution in [0.4, 0.5) is 0 Å². The summed E-state index contributed by atoms with van der Waals surface area (Å²) in [6, 6.07) is 18.2. The van der Waals surface area contributed by atoms with Gasteiger partial charge in [-0.25, -0.2) is 9.59 Å². The van der Waals surface area contributed by atoms with Gasteiger partial charge in [0.05, 0.1) is 18.8 Å². The normalized spacial score (nSPS) is 35.8. The molecule has 10 rings (SSSR count). The van der Waals surface area contributed by atoms with Gasteiger partial charge < -0.3 is 148 Å². The van der Waals surface area contributed by atoms with Crippen LogP contribution in [0.15, 0.2) is 106 Å². The molecule has 0 amide bonds. The van der Waals surface area contributed by atoms with Gasteiger partial charge in [0.2, 0.25) is 23.8 Å². The van der Waals surface area contributed by atoms with Crippen molar-refractivity contribution in [3.8, 4) is 45.8 Å². The number of aliphatic hydroxyl groups is 13. The van der Waals surface area contributed by atoms with Crippen molar-refractivity contribution in [2.45, 2.75) is 167 Å². The number of hydrogen-bond acceptors (Lipinski definition) is 33. The number of esters is 2. The Hall–Kier alpha value is -7.53. The Morgan fingerprint density at radius 2 is 0.875 bits per heavy atom. The van der Waals surface area contributed by atoms with E-state index in [2.05, 4.69) is 0 Å². The van der Waals surface area contributed by atoms with Gasteiger partial charge in [-0.05, 0) is 85.7 Å². The van der Waals surface area contributed by atoms with Gasteiger partial charge in [-0.2, -0.15) is 0 Å². The third-order valence-corrected chi connectivity index (χ3v) is 16.5. The van der Waals surface area contributed by atoms with Gasteiger partial charge >= 0.3 is 11.9 Å². The highest BCUT2D eigenvalue weighted by Gasteiger charge is 2.56. The molecule has 33 heteroatoms. The molecular weight excluding hydrogens is 1280 g/mol. The molecule has 5 fully saturated rings. The summed E-state index contributed by atoms with van der Waals surface area (Å²) in [5.74, 6) is -4.92. The summed E-state index contributed by atoms with van der Waals surface area (Å²) in [7, 11) is 0. The van der Waals surface area contributed by atoms with Crippen molar-refractivity contribution in [2.75, 3.05) is 19.8 Å². The van der Waals surface area contributed by atoms with E-state index in [1.807, 2.05) is 0 Å². The Balaban J connectivity index is 0.935. The number of hydrogen-bond donors (Lipinski definition) is 17. The minimum atomic E-state index is -2.34. The van der Waals surface area contributed by atoms with Crippen LogP contribution in [0.3, 0.4) is 0 Å². The second kappa shape index (κ2) is 30.5. The molecule has 0 aliphatic carbocycles. The van der Waals surface area contributed by atoms with Crippen molar-refractivity contribution in [2.24, 2.45) is 0 Å². The average molecular weight is 1360 g/mol. The molecule has 0 radical (unpaired) electrons. The molecule has 0 spiro atoms. The first-order valence-electron chi connectivity index (χ1n) is 30.0. The lowest BCUT2D eigenvalue weighted by Gasteiger charge is -2.49. The fourth-order valence-electron chi connectivity index (χ4n) is 11.1. The zero-order valence-corrected chi connectivity index (χ0v) is 50.6. The Labute approximate surface area is 542 Å². The van der Waals surface area contributed by atoms with Gasteiger partial charge in [-0.15, -0.1) is 0 Å². The predicted molar refractivity (Wildman–Crippen MR) is 317 cm³/mol. The van der Waals surface area contributed by atoms with Gasteiger partial charge in [-0.1, -0.05) is 24.3 Å². The number of carbonyl (C=O) groups excluding carboxylic acids is 2. The van der Waals surface area contributed by atoms with Crippen LogP contribution in [0.25, 0.3) is 34.4 Å². The highest BCUT2D eigenvalue weighted by molar-refractivity contribution is 5.89. The summed E-state index contributed by atoms with van der Waals surface area (Å²) in [6.07, 6.45) is -42.3. The Kier molecular flexibility index (Phi) is 22.6. The minimum absolute atomic E-state index is 0.000645. The number of ether oxygens (including phenoxy) is 12. The van der Waals surface area contributed by atoms with Crippen molar-refractivity contribution in [1.29, 1.82) is 0 Å². The SMILES string of the molecule is CC1OC(Oc2cc(O)c3c(=O)c(OC4OC(COC(=O)C=Cc5ccc(O)cc5)C(OC5OC(COC(=O)C=Cc6ccc(O)cc6)C(OC6OC(C)C(OC7OC(CO)C(O)C(O)C7O)C(O)C6O)C(O)C5O)C(O)C4O)c(-c4ccc(O)cc4)oc3c2)C(O)C(O)C1O. The summed E-state index contributed by atoms with van der Waals surface area (Å²) in [6.45, 7) is 0.0312. The number of aliphatic hydroxyl groups excluding tert-OH is 13. The van der Waals surface area contributed by atoms with Crippen LogP contribution in [0.5, 0.6) is 34.5 Å². The van der Waals surface area contributed by atoms with E-state index < -0.39 is 219 Å². The van der Waals surface area contributed by atoms with E-state index in [1.54, 1.807) is 0 Å². The lowest BCUT2D eigenvalue weighted by atomic mass is 9.95. The van der Waals surface area contributed by atoms with E-state index in [-0.39, 0.29) is 28.6 Å². The molecule has 5 saturated heterocycles. The van der Waals surface area contributed by atoms with E-state index in [9.17, 15) is 101 Å². The number of phenols is 4. The standard InChI is InChI=1S/C63H72O33/c1-24-41(71)44(74)49(79)59(86-24)88-32-19-33(68)40-34(20-32)89-55(28-9-15-31(67)16-10-28)58(43(40)73)96-63-53(83)48(78)57(37(92-63)23-85-39(70)18-8-27-5-13-30(66)14-6-27)95-62-52(82)47(77)56(36(91-62)22-84-38(69)17-7-26-3-11-29(65)12-4-26)94-60-51(81)46(76)54(25(2)87-60)93-61-50(80)45(75)42(72)35(21-64)90-61/h3-20,24-25,35-37,41-42,44-54,56-57,59-68,71-72,74-83H,21-23H2,1-2H3. The first-order valence-corrected chi connectivity index (χ1v) is 30.0. The molecule has 0 bridgehead atoms. The fourth-order valence-corrected chi connectivity index (χ4v) is 11.1. The number of phenolic OH excluding ortho intramolecular Hbond substituents is 4. The van der Waals surface area contributed by atoms with Crippen LogP contribution in [0.2, 0.25) is 0 Å². The summed E-state index contributed by atoms with van der Waals surface area (Å²) in [5, 5.41) is 184. The molecule has 5 aromatic rings. The molecule has 0 saturated carbocycles. The summed E-state index contributed by atoms with van der Waals surface area (Å²) in [4.78, 5) is 41.4. The van der Waals surface area contributed by atoms with Crippen LogP contribution in [0, 0.1) is 0 Å². The third kappa shape index (κ3) is 15.7. The molecule has 25 unspecified atom stereocenters. The van der Waals surface area contributed by atoms with Crippen LogP contribution in [-0.2, 0) is 57.0 Å². The first kappa shape index (κ1) is 71.2. The molecule has 5 aliphatic rings. The maximum Gasteiger partial charge on any atom is 0.330 e. The zero-order valence-electron chi connectivity index (χ0n) is 50.6. The molecule has 33 nitrogen and oxygen atoms in total. The second-order valence-corrected chi connectivity index (χ2v) is 23.2. The Morgan fingerprint density at radius 1 is 0.458 bits per heavy atom. The van der Waals surface area contributed by atoms with E-state index in [0.29, 0.717) is 11.1 Å². The summed E-state index contributed by atoms with van der Waals surface area (Å²) >= 11 is 0. The van der Waals surface area contributed by atoms with E-state index in [0.717, 1.165) is 24.3 Å². The van der Waals surface area contributed by atoms with Crippen LogP contribution >= 0.6 is 0 Å². The zero-order chi connectivity index (χ0) is 69.1. The second-order valence-electron chi connectivity index (χ2n) is 23.2. The van der Waals surface area contributed by atoms with E-state index >= 15 is 0 Å². The minimum Gasteiger partial charge on any atom is -0.508 e. The highest BCUT2D eigenvalue weighted by Crippen LogP contribution is 2.41. The maximum absolute atomic E-state index is 14.8. The van der Waals surface area contributed by atoms with Gasteiger partial charge in [0.1, 0.15) is 163 Å². The molecular formula is C63H72O33. The first-order chi connectivity index (χ1) is 45.7. The lowest BCUT2D eigenvalue weighted by Crippen LogP contribution is -2.67. The molecule has 17 N–H and O–H groups in total.